The number of nitrogens with one attached hydrogen (secondary N) is 1. The number of carboxylic acid groups (broad SMARTS) is 1. The number of rotatable bonds is 4. The molecule has 1 heterocycles. The van der Waals surface area contributed by atoms with Crippen LogP contribution in [0.2, 0.25) is 0 Å². The molecule has 0 amide bonds. The fraction of sp³-hybridized carbons (Fsp3) is 0.615. The maximum atomic E-state index is 11.9. The Hall–Kier alpha value is -1.65. The second kappa shape index (κ2) is 5.33. The van der Waals surface area contributed by atoms with Crippen LogP contribution in [0.1, 0.15) is 55.1 Å². The predicted octanol–water partition coefficient (Wildman–Crippen LogP) is 1.75. The number of aryl methyl sites for hydroxylation is 1. The van der Waals surface area contributed by atoms with Crippen molar-refractivity contribution in [2.75, 3.05) is 0 Å². The van der Waals surface area contributed by atoms with Crippen LogP contribution in [0.5, 0.6) is 0 Å². The standard InChI is InChI=1S/C13H18N2O3/c1-8-10(6-7-11(16)17)13(18)15-12(14-8)9-4-2-3-5-9/h9H,2-7H2,1H3,(H,16,17)(H,14,15,18). The summed E-state index contributed by atoms with van der Waals surface area (Å²) in [6, 6.07) is 0. The van der Waals surface area contributed by atoms with Crippen molar-refractivity contribution in [3.05, 3.63) is 27.4 Å². The summed E-state index contributed by atoms with van der Waals surface area (Å²) in [5.74, 6) is 0.243. The summed E-state index contributed by atoms with van der Waals surface area (Å²) in [6.07, 6.45) is 4.75. The summed E-state index contributed by atoms with van der Waals surface area (Å²) in [5, 5.41) is 8.65. The molecule has 1 saturated carbocycles. The van der Waals surface area contributed by atoms with Gasteiger partial charge in [-0.3, -0.25) is 9.59 Å². The number of aromatic nitrogens is 2. The zero-order valence-corrected chi connectivity index (χ0v) is 10.5. The highest BCUT2D eigenvalue weighted by Gasteiger charge is 2.20. The lowest BCUT2D eigenvalue weighted by Gasteiger charge is -2.11. The van der Waals surface area contributed by atoms with Gasteiger partial charge in [0.05, 0.1) is 0 Å². The number of aliphatic carboxylic acids is 1. The molecule has 0 bridgehead atoms. The molecule has 0 aliphatic heterocycles. The van der Waals surface area contributed by atoms with Crippen molar-refractivity contribution < 1.29 is 9.90 Å². The van der Waals surface area contributed by atoms with E-state index in [1.807, 2.05) is 0 Å². The van der Waals surface area contributed by atoms with E-state index in [0.717, 1.165) is 18.7 Å². The predicted molar refractivity (Wildman–Crippen MR) is 66.8 cm³/mol. The number of nitrogens with zero attached hydrogens (tertiary/aromatic N) is 1. The Labute approximate surface area is 105 Å². The van der Waals surface area contributed by atoms with Gasteiger partial charge in [0.25, 0.3) is 5.56 Å². The van der Waals surface area contributed by atoms with Crippen molar-refractivity contribution in [3.63, 3.8) is 0 Å². The van der Waals surface area contributed by atoms with E-state index in [1.54, 1.807) is 6.92 Å². The number of hydrogen-bond donors (Lipinski definition) is 2. The van der Waals surface area contributed by atoms with Crippen molar-refractivity contribution in [1.29, 1.82) is 0 Å². The maximum Gasteiger partial charge on any atom is 0.303 e. The van der Waals surface area contributed by atoms with Crippen LogP contribution in [0.15, 0.2) is 4.79 Å². The van der Waals surface area contributed by atoms with Gasteiger partial charge < -0.3 is 10.1 Å². The molecule has 1 aliphatic rings. The minimum atomic E-state index is -0.895. The third-order valence-electron chi connectivity index (χ3n) is 3.57. The molecule has 0 saturated heterocycles. The molecule has 98 valence electrons. The Kier molecular flexibility index (Phi) is 3.79. The molecule has 0 atom stereocenters. The highest BCUT2D eigenvalue weighted by atomic mass is 16.4. The van der Waals surface area contributed by atoms with Gasteiger partial charge in [-0.05, 0) is 26.2 Å². The Morgan fingerprint density at radius 1 is 1.44 bits per heavy atom. The van der Waals surface area contributed by atoms with E-state index < -0.39 is 5.97 Å². The largest absolute Gasteiger partial charge is 0.481 e. The van der Waals surface area contributed by atoms with Gasteiger partial charge in [0.15, 0.2) is 0 Å². The summed E-state index contributed by atoms with van der Waals surface area (Å²) in [4.78, 5) is 29.7. The molecule has 0 aromatic carbocycles. The van der Waals surface area contributed by atoms with Crippen LogP contribution in [-0.4, -0.2) is 21.0 Å². The first-order valence-corrected chi connectivity index (χ1v) is 6.39. The summed E-state index contributed by atoms with van der Waals surface area (Å²) < 4.78 is 0. The second-order valence-corrected chi connectivity index (χ2v) is 4.89. The lowest BCUT2D eigenvalue weighted by atomic mass is 10.1. The van der Waals surface area contributed by atoms with Crippen LogP contribution in [0.4, 0.5) is 0 Å². The fourth-order valence-corrected chi connectivity index (χ4v) is 2.55. The van der Waals surface area contributed by atoms with Crippen molar-refractivity contribution in [1.82, 2.24) is 9.97 Å². The first-order chi connectivity index (χ1) is 8.58. The molecule has 1 fully saturated rings. The van der Waals surface area contributed by atoms with Crippen LogP contribution in [0, 0.1) is 6.92 Å². The van der Waals surface area contributed by atoms with Crippen molar-refractivity contribution in [2.45, 2.75) is 51.4 Å². The van der Waals surface area contributed by atoms with E-state index >= 15 is 0 Å². The third kappa shape index (κ3) is 2.78. The number of carboxylic acids is 1. The summed E-state index contributed by atoms with van der Waals surface area (Å²) in [5.41, 5.74) is 0.992. The SMILES string of the molecule is Cc1nc(C2CCCC2)[nH]c(=O)c1CCC(=O)O. The first kappa shape index (κ1) is 12.8. The summed E-state index contributed by atoms with van der Waals surface area (Å²) in [6.45, 7) is 1.78. The van der Waals surface area contributed by atoms with Gasteiger partial charge in [-0.15, -0.1) is 0 Å². The fourth-order valence-electron chi connectivity index (χ4n) is 2.55. The van der Waals surface area contributed by atoms with Crippen LogP contribution < -0.4 is 5.56 Å². The molecule has 5 heteroatoms. The van der Waals surface area contributed by atoms with Crippen molar-refractivity contribution in [3.8, 4) is 0 Å². The lowest BCUT2D eigenvalue weighted by Crippen LogP contribution is -2.21. The molecule has 5 nitrogen and oxygen atoms in total. The van der Waals surface area contributed by atoms with Crippen molar-refractivity contribution in [2.24, 2.45) is 0 Å². The lowest BCUT2D eigenvalue weighted by molar-refractivity contribution is -0.136. The van der Waals surface area contributed by atoms with Gasteiger partial charge in [-0.2, -0.15) is 0 Å². The van der Waals surface area contributed by atoms with E-state index in [4.69, 9.17) is 5.11 Å². The topological polar surface area (TPSA) is 83.0 Å². The highest BCUT2D eigenvalue weighted by molar-refractivity contribution is 5.67. The van der Waals surface area contributed by atoms with Gasteiger partial charge in [-0.25, -0.2) is 4.98 Å². The van der Waals surface area contributed by atoms with Gasteiger partial charge >= 0.3 is 5.97 Å². The number of carbonyl (C=O) groups is 1. The number of hydrogen-bond acceptors (Lipinski definition) is 3. The maximum absolute atomic E-state index is 11.9. The third-order valence-corrected chi connectivity index (χ3v) is 3.57. The molecule has 0 radical (unpaired) electrons. The number of H-pyrrole nitrogens is 1. The van der Waals surface area contributed by atoms with Gasteiger partial charge in [0.2, 0.25) is 0 Å². The molecule has 2 rings (SSSR count). The quantitative estimate of drug-likeness (QED) is 0.852. The van der Waals surface area contributed by atoms with E-state index in [9.17, 15) is 9.59 Å². The normalized spacial score (nSPS) is 16.1. The minimum Gasteiger partial charge on any atom is -0.481 e. The molecule has 1 aliphatic carbocycles. The molecular formula is C13H18N2O3. The smallest absolute Gasteiger partial charge is 0.303 e. The zero-order chi connectivity index (χ0) is 13.1. The second-order valence-electron chi connectivity index (χ2n) is 4.89. The van der Waals surface area contributed by atoms with Crippen molar-refractivity contribution >= 4 is 5.97 Å². The zero-order valence-electron chi connectivity index (χ0n) is 10.5. The van der Waals surface area contributed by atoms with Gasteiger partial charge in [0, 0.05) is 23.6 Å². The Morgan fingerprint density at radius 3 is 2.67 bits per heavy atom. The average molecular weight is 250 g/mol. The molecular weight excluding hydrogens is 232 g/mol. The molecule has 0 spiro atoms. The first-order valence-electron chi connectivity index (χ1n) is 6.39. The number of aromatic amines is 1. The molecule has 1 aromatic rings. The van der Waals surface area contributed by atoms with E-state index in [2.05, 4.69) is 9.97 Å². The summed E-state index contributed by atoms with van der Waals surface area (Å²) >= 11 is 0. The average Bonchev–Trinajstić information content (AvgIpc) is 2.80. The van der Waals surface area contributed by atoms with Crippen LogP contribution in [0.3, 0.4) is 0 Å². The molecule has 2 N–H and O–H groups in total. The van der Waals surface area contributed by atoms with E-state index in [0.29, 0.717) is 17.2 Å². The summed E-state index contributed by atoms with van der Waals surface area (Å²) in [7, 11) is 0. The van der Waals surface area contributed by atoms with E-state index in [1.165, 1.54) is 12.8 Å². The monoisotopic (exact) mass is 250 g/mol. The Bertz CT molecular complexity index is 501. The molecule has 18 heavy (non-hydrogen) atoms. The Balaban J connectivity index is 2.23. The van der Waals surface area contributed by atoms with Gasteiger partial charge in [-0.1, -0.05) is 12.8 Å². The molecule has 0 unspecified atom stereocenters. The van der Waals surface area contributed by atoms with Gasteiger partial charge in [0.1, 0.15) is 5.82 Å². The minimum absolute atomic E-state index is 0.0334. The van der Waals surface area contributed by atoms with Crippen LogP contribution >= 0.6 is 0 Å². The molecule has 1 aromatic heterocycles. The highest BCUT2D eigenvalue weighted by Crippen LogP contribution is 2.31. The van der Waals surface area contributed by atoms with Crippen LogP contribution in [-0.2, 0) is 11.2 Å². The van der Waals surface area contributed by atoms with Crippen LogP contribution in [0.25, 0.3) is 0 Å². The van der Waals surface area contributed by atoms with E-state index in [-0.39, 0.29) is 18.4 Å². The Morgan fingerprint density at radius 2 is 2.11 bits per heavy atom.